The zero-order valence-corrected chi connectivity index (χ0v) is 5.59. The van der Waals surface area contributed by atoms with Gasteiger partial charge in [-0.2, -0.15) is 11.8 Å². The molecule has 0 aromatic carbocycles. The molecule has 0 saturated carbocycles. The number of nitrogens with one attached hydrogen (secondary N) is 1. The molecule has 0 saturated heterocycles. The Morgan fingerprint density at radius 3 is 2.57 bits per heavy atom. The number of hydrogen-bond donors (Lipinski definition) is 2. The van der Waals surface area contributed by atoms with Crippen LogP contribution in [-0.2, 0) is 0 Å². The lowest BCUT2D eigenvalue weighted by molar-refractivity contribution is 0.648. The van der Waals surface area contributed by atoms with Crippen LogP contribution in [0.1, 0.15) is 0 Å². The van der Waals surface area contributed by atoms with Crippen molar-refractivity contribution in [1.82, 2.24) is 5.32 Å². The highest BCUT2D eigenvalue weighted by atomic mass is 32.2. The molecule has 0 bridgehead atoms. The van der Waals surface area contributed by atoms with E-state index < -0.39 is 0 Å². The van der Waals surface area contributed by atoms with Gasteiger partial charge in [0, 0.05) is 5.75 Å². The van der Waals surface area contributed by atoms with Crippen molar-refractivity contribution in [1.29, 1.82) is 0 Å². The van der Waals surface area contributed by atoms with Crippen molar-refractivity contribution < 1.29 is 0 Å². The molecule has 0 aliphatic carbocycles. The van der Waals surface area contributed by atoms with Gasteiger partial charge in [0.2, 0.25) is 0 Å². The molecular formula is C4H12N2S. The number of rotatable bonds is 3. The van der Waals surface area contributed by atoms with Crippen molar-refractivity contribution in [3.8, 4) is 0 Å². The molecule has 0 aliphatic rings. The maximum absolute atomic E-state index is 5.45. The molecule has 0 rings (SSSR count). The van der Waals surface area contributed by atoms with E-state index >= 15 is 0 Å². The van der Waals surface area contributed by atoms with Gasteiger partial charge in [0.1, 0.15) is 0 Å². The molecule has 0 fully saturated rings. The summed E-state index contributed by atoms with van der Waals surface area (Å²) in [7, 11) is 1.86. The van der Waals surface area contributed by atoms with Gasteiger partial charge in [0.15, 0.2) is 0 Å². The first kappa shape index (κ1) is 7.27. The van der Waals surface area contributed by atoms with E-state index in [1.165, 1.54) is 0 Å². The fourth-order valence-electron chi connectivity index (χ4n) is 0.263. The monoisotopic (exact) mass is 120 g/mol. The molecule has 44 valence electrons. The third-order valence-electron chi connectivity index (χ3n) is 0.717. The predicted octanol–water partition coefficient (Wildman–Crippen LogP) is -0.146. The van der Waals surface area contributed by atoms with Gasteiger partial charge in [0.25, 0.3) is 0 Å². The first-order valence-electron chi connectivity index (χ1n) is 2.23. The predicted molar refractivity (Wildman–Crippen MR) is 35.4 cm³/mol. The zero-order chi connectivity index (χ0) is 5.70. The molecule has 1 unspecified atom stereocenters. The van der Waals surface area contributed by atoms with Crippen LogP contribution < -0.4 is 11.1 Å². The van der Waals surface area contributed by atoms with Gasteiger partial charge in [-0.15, -0.1) is 0 Å². The maximum atomic E-state index is 5.45. The average Bonchev–Trinajstić information content (AvgIpc) is 1.68. The molecule has 0 radical (unpaired) electrons. The van der Waals surface area contributed by atoms with Crippen molar-refractivity contribution in [2.75, 3.05) is 19.1 Å². The van der Waals surface area contributed by atoms with Crippen LogP contribution in [0.5, 0.6) is 0 Å². The average molecular weight is 120 g/mol. The van der Waals surface area contributed by atoms with Gasteiger partial charge in [-0.3, -0.25) is 0 Å². The minimum atomic E-state index is 0.162. The maximum Gasteiger partial charge on any atom is 0.0636 e. The Morgan fingerprint density at radius 2 is 2.43 bits per heavy atom. The highest BCUT2D eigenvalue weighted by molar-refractivity contribution is 7.98. The molecule has 3 N–H and O–H groups in total. The molecule has 1 atom stereocenters. The van der Waals surface area contributed by atoms with Gasteiger partial charge < -0.3 is 11.1 Å². The van der Waals surface area contributed by atoms with Crippen LogP contribution in [0.2, 0.25) is 0 Å². The van der Waals surface area contributed by atoms with Gasteiger partial charge in [-0.05, 0) is 13.3 Å². The van der Waals surface area contributed by atoms with Crippen molar-refractivity contribution >= 4 is 11.8 Å². The van der Waals surface area contributed by atoms with Gasteiger partial charge in [0.05, 0.1) is 6.17 Å². The molecule has 0 amide bonds. The highest BCUT2D eigenvalue weighted by Gasteiger charge is 1.91. The second kappa shape index (κ2) is 4.43. The van der Waals surface area contributed by atoms with E-state index in [0.717, 1.165) is 5.75 Å². The molecule has 0 heterocycles. The Labute approximate surface area is 48.8 Å². The largest absolute Gasteiger partial charge is 0.315 e. The summed E-state index contributed by atoms with van der Waals surface area (Å²) in [5.41, 5.74) is 5.45. The van der Waals surface area contributed by atoms with E-state index in [1.54, 1.807) is 11.8 Å². The second-order valence-corrected chi connectivity index (χ2v) is 2.26. The fourth-order valence-corrected chi connectivity index (χ4v) is 0.789. The van der Waals surface area contributed by atoms with E-state index in [0.29, 0.717) is 0 Å². The SMILES string of the molecule is CNC(N)CSC. The van der Waals surface area contributed by atoms with Crippen LogP contribution in [0.4, 0.5) is 0 Å². The van der Waals surface area contributed by atoms with Crippen LogP contribution in [-0.4, -0.2) is 25.2 Å². The first-order valence-corrected chi connectivity index (χ1v) is 3.62. The lowest BCUT2D eigenvalue weighted by Gasteiger charge is -2.05. The van der Waals surface area contributed by atoms with Crippen molar-refractivity contribution in [3.63, 3.8) is 0 Å². The van der Waals surface area contributed by atoms with Crippen LogP contribution in [0.3, 0.4) is 0 Å². The first-order chi connectivity index (χ1) is 3.31. The summed E-state index contributed by atoms with van der Waals surface area (Å²) >= 11 is 1.75. The summed E-state index contributed by atoms with van der Waals surface area (Å²) in [6.45, 7) is 0. The normalized spacial score (nSPS) is 14.1. The summed E-state index contributed by atoms with van der Waals surface area (Å²) in [6.07, 6.45) is 2.20. The Kier molecular flexibility index (Phi) is 4.60. The van der Waals surface area contributed by atoms with Gasteiger partial charge >= 0.3 is 0 Å². The number of thioether (sulfide) groups is 1. The summed E-state index contributed by atoms with van der Waals surface area (Å²) in [5, 5.41) is 2.92. The lowest BCUT2D eigenvalue weighted by Crippen LogP contribution is -2.36. The summed E-state index contributed by atoms with van der Waals surface area (Å²) in [5.74, 6) is 0.983. The van der Waals surface area contributed by atoms with Crippen LogP contribution in [0.25, 0.3) is 0 Å². The Morgan fingerprint density at radius 1 is 1.86 bits per heavy atom. The van der Waals surface area contributed by atoms with E-state index in [1.807, 2.05) is 13.3 Å². The molecule has 7 heavy (non-hydrogen) atoms. The van der Waals surface area contributed by atoms with E-state index in [9.17, 15) is 0 Å². The van der Waals surface area contributed by atoms with Crippen LogP contribution >= 0.6 is 11.8 Å². The van der Waals surface area contributed by atoms with Gasteiger partial charge in [-0.1, -0.05) is 0 Å². The summed E-state index contributed by atoms with van der Waals surface area (Å²) in [6, 6.07) is 0. The second-order valence-electron chi connectivity index (χ2n) is 1.35. The van der Waals surface area contributed by atoms with Crippen molar-refractivity contribution in [3.05, 3.63) is 0 Å². The van der Waals surface area contributed by atoms with E-state index in [4.69, 9.17) is 5.73 Å². The Balaban J connectivity index is 2.83. The van der Waals surface area contributed by atoms with Crippen LogP contribution in [0, 0.1) is 0 Å². The molecule has 0 aromatic heterocycles. The third-order valence-corrected chi connectivity index (χ3v) is 1.41. The number of nitrogens with two attached hydrogens (primary N) is 1. The van der Waals surface area contributed by atoms with Crippen molar-refractivity contribution in [2.45, 2.75) is 6.17 Å². The third kappa shape index (κ3) is 4.12. The molecule has 2 nitrogen and oxygen atoms in total. The fraction of sp³-hybridized carbons (Fsp3) is 1.00. The van der Waals surface area contributed by atoms with Crippen molar-refractivity contribution in [2.24, 2.45) is 5.73 Å². The zero-order valence-electron chi connectivity index (χ0n) is 4.77. The molecular weight excluding hydrogens is 108 g/mol. The molecule has 0 spiro atoms. The highest BCUT2D eigenvalue weighted by Crippen LogP contribution is 1.89. The van der Waals surface area contributed by atoms with E-state index in [-0.39, 0.29) is 6.17 Å². The minimum Gasteiger partial charge on any atom is -0.315 e. The Bertz CT molecular complexity index is 40.7. The standard InChI is InChI=1S/C4H12N2S/c1-6-4(5)3-7-2/h4,6H,3,5H2,1-2H3. The molecule has 3 heteroatoms. The Hall–Kier alpha value is 0.270. The quantitative estimate of drug-likeness (QED) is 0.509. The molecule has 0 aromatic rings. The minimum absolute atomic E-state index is 0.162. The smallest absolute Gasteiger partial charge is 0.0636 e. The van der Waals surface area contributed by atoms with Crippen LogP contribution in [0.15, 0.2) is 0 Å². The number of hydrogen-bond acceptors (Lipinski definition) is 3. The van der Waals surface area contributed by atoms with E-state index in [2.05, 4.69) is 5.32 Å². The summed E-state index contributed by atoms with van der Waals surface area (Å²) in [4.78, 5) is 0. The topological polar surface area (TPSA) is 38.0 Å². The molecule has 0 aliphatic heterocycles. The van der Waals surface area contributed by atoms with Gasteiger partial charge in [-0.25, -0.2) is 0 Å². The summed E-state index contributed by atoms with van der Waals surface area (Å²) < 4.78 is 0. The lowest BCUT2D eigenvalue weighted by atomic mass is 10.6.